The van der Waals surface area contributed by atoms with Crippen LogP contribution in [0.5, 0.6) is 0 Å². The van der Waals surface area contributed by atoms with Gasteiger partial charge in [-0.3, -0.25) is 4.98 Å². The van der Waals surface area contributed by atoms with E-state index in [1.54, 1.807) is 23.7 Å². The molecule has 112 valence electrons. The summed E-state index contributed by atoms with van der Waals surface area (Å²) in [7, 11) is 0. The molecule has 0 aromatic carbocycles. The number of aryl methyl sites for hydroxylation is 1. The van der Waals surface area contributed by atoms with Crippen molar-refractivity contribution >= 4 is 27.4 Å². The van der Waals surface area contributed by atoms with Gasteiger partial charge in [0.15, 0.2) is 11.6 Å². The molecule has 5 heteroatoms. The third-order valence-electron chi connectivity index (χ3n) is 4.17. The Morgan fingerprint density at radius 1 is 1.05 bits per heavy atom. The van der Waals surface area contributed by atoms with Gasteiger partial charge in [0.25, 0.3) is 0 Å². The van der Waals surface area contributed by atoms with E-state index in [-0.39, 0.29) is 0 Å². The first-order chi connectivity index (χ1) is 10.8. The fourth-order valence-electron chi connectivity index (χ4n) is 2.97. The Labute approximate surface area is 133 Å². The van der Waals surface area contributed by atoms with Crippen molar-refractivity contribution in [3.05, 3.63) is 35.5 Å². The van der Waals surface area contributed by atoms with E-state index in [2.05, 4.69) is 22.2 Å². The van der Waals surface area contributed by atoms with Gasteiger partial charge in [0.2, 0.25) is 0 Å². The Kier molecular flexibility index (Phi) is 3.50. The SMILES string of the molecule is Cc1csc2c(N3CCCCC3)nc(-c3ccncc3)nc12. The van der Waals surface area contributed by atoms with Gasteiger partial charge in [0.05, 0.1) is 10.2 Å². The molecule has 3 aromatic heterocycles. The maximum atomic E-state index is 4.91. The topological polar surface area (TPSA) is 41.9 Å². The van der Waals surface area contributed by atoms with Crippen LogP contribution in [0.1, 0.15) is 24.8 Å². The van der Waals surface area contributed by atoms with E-state index in [0.717, 1.165) is 35.8 Å². The van der Waals surface area contributed by atoms with E-state index < -0.39 is 0 Å². The van der Waals surface area contributed by atoms with Crippen LogP contribution in [0.4, 0.5) is 5.82 Å². The van der Waals surface area contributed by atoms with Gasteiger partial charge in [0, 0.05) is 31.0 Å². The molecule has 3 aromatic rings. The maximum Gasteiger partial charge on any atom is 0.162 e. The van der Waals surface area contributed by atoms with Crippen molar-refractivity contribution in [3.8, 4) is 11.4 Å². The van der Waals surface area contributed by atoms with E-state index in [1.165, 1.54) is 29.5 Å². The molecule has 0 unspecified atom stereocenters. The van der Waals surface area contributed by atoms with Crippen molar-refractivity contribution in [1.29, 1.82) is 0 Å². The van der Waals surface area contributed by atoms with Crippen molar-refractivity contribution in [2.75, 3.05) is 18.0 Å². The molecule has 0 bridgehead atoms. The van der Waals surface area contributed by atoms with Gasteiger partial charge in [-0.05, 0) is 49.3 Å². The zero-order valence-electron chi connectivity index (χ0n) is 12.6. The Morgan fingerprint density at radius 2 is 1.82 bits per heavy atom. The molecule has 0 atom stereocenters. The van der Waals surface area contributed by atoms with Crippen LogP contribution in [0.2, 0.25) is 0 Å². The highest BCUT2D eigenvalue weighted by molar-refractivity contribution is 7.18. The van der Waals surface area contributed by atoms with E-state index >= 15 is 0 Å². The number of pyridine rings is 1. The van der Waals surface area contributed by atoms with Crippen LogP contribution in [0.3, 0.4) is 0 Å². The first-order valence-electron chi connectivity index (χ1n) is 7.74. The average molecular weight is 310 g/mol. The molecule has 0 radical (unpaired) electrons. The summed E-state index contributed by atoms with van der Waals surface area (Å²) in [5.41, 5.74) is 3.35. The number of fused-ring (bicyclic) bond motifs is 1. The predicted molar refractivity (Wildman–Crippen MR) is 91.4 cm³/mol. The second kappa shape index (κ2) is 5.65. The molecule has 0 aliphatic carbocycles. The minimum atomic E-state index is 0.803. The van der Waals surface area contributed by atoms with Gasteiger partial charge in [0.1, 0.15) is 0 Å². The summed E-state index contributed by atoms with van der Waals surface area (Å²) in [6.07, 6.45) is 7.42. The lowest BCUT2D eigenvalue weighted by Crippen LogP contribution is -2.30. The van der Waals surface area contributed by atoms with Crippen LogP contribution >= 0.6 is 11.3 Å². The van der Waals surface area contributed by atoms with Crippen LogP contribution in [-0.2, 0) is 0 Å². The molecule has 22 heavy (non-hydrogen) atoms. The lowest BCUT2D eigenvalue weighted by molar-refractivity contribution is 0.575. The zero-order valence-corrected chi connectivity index (χ0v) is 13.4. The quantitative estimate of drug-likeness (QED) is 0.716. The summed E-state index contributed by atoms with van der Waals surface area (Å²) in [6, 6.07) is 3.95. The van der Waals surface area contributed by atoms with E-state index in [4.69, 9.17) is 9.97 Å². The normalized spacial score (nSPS) is 15.4. The lowest BCUT2D eigenvalue weighted by Gasteiger charge is -2.28. The number of thiophene rings is 1. The van der Waals surface area contributed by atoms with Gasteiger partial charge >= 0.3 is 0 Å². The Hall–Kier alpha value is -2.01. The summed E-state index contributed by atoms with van der Waals surface area (Å²) in [4.78, 5) is 16.2. The number of nitrogens with zero attached hydrogens (tertiary/aromatic N) is 4. The highest BCUT2D eigenvalue weighted by Gasteiger charge is 2.19. The molecule has 1 fully saturated rings. The molecule has 1 aliphatic heterocycles. The molecule has 4 rings (SSSR count). The van der Waals surface area contributed by atoms with E-state index in [0.29, 0.717) is 0 Å². The Morgan fingerprint density at radius 3 is 2.59 bits per heavy atom. The fraction of sp³-hybridized carbons (Fsp3) is 0.353. The smallest absolute Gasteiger partial charge is 0.162 e. The summed E-state index contributed by atoms with van der Waals surface area (Å²) < 4.78 is 1.22. The molecule has 1 saturated heterocycles. The molecule has 1 aliphatic rings. The number of piperidine rings is 1. The summed E-state index contributed by atoms with van der Waals surface area (Å²) in [6.45, 7) is 4.32. The van der Waals surface area contributed by atoms with Crippen LogP contribution in [0.25, 0.3) is 21.6 Å². The van der Waals surface area contributed by atoms with Crippen LogP contribution in [0.15, 0.2) is 29.9 Å². The zero-order chi connectivity index (χ0) is 14.9. The summed E-state index contributed by atoms with van der Waals surface area (Å²) >= 11 is 1.76. The molecule has 0 amide bonds. The second-order valence-electron chi connectivity index (χ2n) is 5.75. The second-order valence-corrected chi connectivity index (χ2v) is 6.63. The van der Waals surface area contributed by atoms with Crippen molar-refractivity contribution in [2.45, 2.75) is 26.2 Å². The van der Waals surface area contributed by atoms with Gasteiger partial charge in [-0.1, -0.05) is 0 Å². The fourth-order valence-corrected chi connectivity index (χ4v) is 3.97. The van der Waals surface area contributed by atoms with E-state index in [1.807, 2.05) is 12.1 Å². The summed E-state index contributed by atoms with van der Waals surface area (Å²) in [5, 5.41) is 2.18. The number of hydrogen-bond acceptors (Lipinski definition) is 5. The largest absolute Gasteiger partial charge is 0.355 e. The van der Waals surface area contributed by atoms with Gasteiger partial charge in [-0.2, -0.15) is 0 Å². The minimum Gasteiger partial charge on any atom is -0.355 e. The van der Waals surface area contributed by atoms with Crippen LogP contribution in [-0.4, -0.2) is 28.0 Å². The van der Waals surface area contributed by atoms with Gasteiger partial charge < -0.3 is 4.90 Å². The van der Waals surface area contributed by atoms with Gasteiger partial charge in [-0.25, -0.2) is 9.97 Å². The monoisotopic (exact) mass is 310 g/mol. The third-order valence-corrected chi connectivity index (χ3v) is 5.25. The average Bonchev–Trinajstić information content (AvgIpc) is 2.97. The molecule has 0 spiro atoms. The first-order valence-corrected chi connectivity index (χ1v) is 8.62. The predicted octanol–water partition coefficient (Wildman–Crippen LogP) is 4.05. The number of hydrogen-bond donors (Lipinski definition) is 0. The van der Waals surface area contributed by atoms with E-state index in [9.17, 15) is 0 Å². The number of rotatable bonds is 2. The lowest BCUT2D eigenvalue weighted by atomic mass is 10.1. The van der Waals surface area contributed by atoms with Crippen molar-refractivity contribution in [1.82, 2.24) is 15.0 Å². The molecular formula is C17H18N4S. The van der Waals surface area contributed by atoms with Crippen LogP contribution in [0, 0.1) is 6.92 Å². The number of aromatic nitrogens is 3. The summed E-state index contributed by atoms with van der Waals surface area (Å²) in [5.74, 6) is 1.91. The number of anilines is 1. The highest BCUT2D eigenvalue weighted by Crippen LogP contribution is 2.34. The Bertz CT molecular complexity index is 791. The van der Waals surface area contributed by atoms with Crippen molar-refractivity contribution in [2.24, 2.45) is 0 Å². The molecule has 4 heterocycles. The standard InChI is InChI=1S/C17H18N4S/c1-12-11-22-15-14(12)19-16(13-5-7-18-8-6-13)20-17(15)21-9-3-2-4-10-21/h5-8,11H,2-4,9-10H2,1H3. The minimum absolute atomic E-state index is 0.803. The Balaban J connectivity index is 1.90. The first kappa shape index (κ1) is 13.6. The third kappa shape index (κ3) is 2.35. The maximum absolute atomic E-state index is 4.91. The molecule has 4 nitrogen and oxygen atoms in total. The molecule has 0 saturated carbocycles. The highest BCUT2D eigenvalue weighted by atomic mass is 32.1. The van der Waals surface area contributed by atoms with Crippen molar-refractivity contribution < 1.29 is 0 Å². The molecular weight excluding hydrogens is 292 g/mol. The van der Waals surface area contributed by atoms with Crippen LogP contribution < -0.4 is 4.90 Å². The van der Waals surface area contributed by atoms with Crippen molar-refractivity contribution in [3.63, 3.8) is 0 Å². The van der Waals surface area contributed by atoms with Gasteiger partial charge in [-0.15, -0.1) is 11.3 Å². The molecule has 0 N–H and O–H groups in total.